The van der Waals surface area contributed by atoms with Gasteiger partial charge in [-0.2, -0.15) is 0 Å². The third kappa shape index (κ3) is 2.02. The van der Waals surface area contributed by atoms with E-state index in [4.69, 9.17) is 16.0 Å². The number of rotatable bonds is 1. The molecule has 0 spiro atoms. The van der Waals surface area contributed by atoms with E-state index in [-0.39, 0.29) is 5.35 Å². The van der Waals surface area contributed by atoms with Crippen molar-refractivity contribution in [3.63, 3.8) is 0 Å². The summed E-state index contributed by atoms with van der Waals surface area (Å²) in [6, 6.07) is 0. The Morgan fingerprint density at radius 3 is 2.85 bits per heavy atom. The smallest absolute Gasteiger partial charge is 0.312 e. The van der Waals surface area contributed by atoms with Gasteiger partial charge < -0.3 is 4.42 Å². The Hall–Kier alpha value is -0.570. The van der Waals surface area contributed by atoms with E-state index in [9.17, 15) is 0 Å². The molecule has 2 rings (SSSR count). The van der Waals surface area contributed by atoms with E-state index in [0.29, 0.717) is 5.92 Å². The zero-order valence-electron chi connectivity index (χ0n) is 7.66. The van der Waals surface area contributed by atoms with Gasteiger partial charge in [0.1, 0.15) is 0 Å². The zero-order chi connectivity index (χ0) is 9.26. The van der Waals surface area contributed by atoms with Gasteiger partial charge in [-0.1, -0.05) is 24.9 Å². The molecular formula is C9H13ClN2O. The van der Waals surface area contributed by atoms with E-state index >= 15 is 0 Å². The molecule has 1 aliphatic carbocycles. The van der Waals surface area contributed by atoms with Gasteiger partial charge in [-0.15, -0.1) is 5.10 Å². The maximum atomic E-state index is 5.58. The van der Waals surface area contributed by atoms with Crippen LogP contribution < -0.4 is 0 Å². The van der Waals surface area contributed by atoms with E-state index < -0.39 is 0 Å². The molecule has 3 nitrogen and oxygen atoms in total. The lowest BCUT2D eigenvalue weighted by molar-refractivity contribution is 0.302. The molecule has 0 N–H and O–H groups in total. The third-order valence-electron chi connectivity index (χ3n) is 2.70. The van der Waals surface area contributed by atoms with Crippen LogP contribution in [0.5, 0.6) is 0 Å². The first-order chi connectivity index (χ1) is 6.25. The molecule has 1 saturated carbocycles. The van der Waals surface area contributed by atoms with Gasteiger partial charge in [0.05, 0.1) is 0 Å². The van der Waals surface area contributed by atoms with Crippen LogP contribution in [-0.4, -0.2) is 10.2 Å². The van der Waals surface area contributed by atoms with Gasteiger partial charge in [-0.05, 0) is 30.4 Å². The van der Waals surface area contributed by atoms with Gasteiger partial charge in [0.25, 0.3) is 0 Å². The molecule has 2 atom stereocenters. The highest BCUT2D eigenvalue weighted by atomic mass is 35.5. The minimum Gasteiger partial charge on any atom is -0.412 e. The lowest BCUT2D eigenvalue weighted by Gasteiger charge is -2.23. The van der Waals surface area contributed by atoms with Crippen LogP contribution in [0.25, 0.3) is 0 Å². The van der Waals surface area contributed by atoms with Gasteiger partial charge in [0.15, 0.2) is 0 Å². The van der Waals surface area contributed by atoms with Crippen molar-refractivity contribution in [1.82, 2.24) is 10.2 Å². The minimum atomic E-state index is 0.160. The largest absolute Gasteiger partial charge is 0.412 e. The van der Waals surface area contributed by atoms with Crippen LogP contribution in [0.15, 0.2) is 4.42 Å². The highest BCUT2D eigenvalue weighted by Crippen LogP contribution is 2.35. The molecule has 72 valence electrons. The van der Waals surface area contributed by atoms with Gasteiger partial charge in [0, 0.05) is 5.92 Å². The number of halogens is 1. The van der Waals surface area contributed by atoms with Crippen LogP contribution in [0.2, 0.25) is 5.35 Å². The summed E-state index contributed by atoms with van der Waals surface area (Å²) in [5.41, 5.74) is 0. The summed E-state index contributed by atoms with van der Waals surface area (Å²) in [6.45, 7) is 2.27. The van der Waals surface area contributed by atoms with Crippen molar-refractivity contribution < 1.29 is 4.42 Å². The molecule has 1 fully saturated rings. The van der Waals surface area contributed by atoms with Gasteiger partial charge >= 0.3 is 5.35 Å². The molecule has 0 radical (unpaired) electrons. The Balaban J connectivity index is 2.08. The molecule has 13 heavy (non-hydrogen) atoms. The van der Waals surface area contributed by atoms with Crippen LogP contribution in [-0.2, 0) is 0 Å². The SMILES string of the molecule is CC1CCCC(c2nnc(Cl)o2)C1. The average molecular weight is 201 g/mol. The Labute approximate surface area is 82.5 Å². The van der Waals surface area contributed by atoms with E-state index in [0.717, 1.165) is 24.7 Å². The first-order valence-electron chi connectivity index (χ1n) is 4.74. The molecule has 0 saturated heterocycles. The van der Waals surface area contributed by atoms with Gasteiger partial charge in [-0.3, -0.25) is 0 Å². The fourth-order valence-electron chi connectivity index (χ4n) is 2.04. The first-order valence-corrected chi connectivity index (χ1v) is 5.12. The molecule has 1 aromatic rings. The standard InChI is InChI=1S/C9H13ClN2O/c1-6-3-2-4-7(5-6)8-11-12-9(10)13-8/h6-7H,2-5H2,1H3. The minimum absolute atomic E-state index is 0.160. The van der Waals surface area contributed by atoms with Crippen molar-refractivity contribution in [1.29, 1.82) is 0 Å². The maximum Gasteiger partial charge on any atom is 0.312 e. The van der Waals surface area contributed by atoms with Crippen molar-refractivity contribution in [3.8, 4) is 0 Å². The highest BCUT2D eigenvalue weighted by Gasteiger charge is 2.24. The quantitative estimate of drug-likeness (QED) is 0.700. The van der Waals surface area contributed by atoms with Crippen LogP contribution in [0.1, 0.15) is 44.4 Å². The molecule has 4 heteroatoms. The average Bonchev–Trinajstić information content (AvgIpc) is 2.52. The predicted molar refractivity (Wildman–Crippen MR) is 49.7 cm³/mol. The second kappa shape index (κ2) is 3.66. The Bertz CT molecular complexity index is 287. The molecule has 1 aromatic heterocycles. The first kappa shape index (κ1) is 9.00. The Kier molecular flexibility index (Phi) is 2.54. The fourth-order valence-corrected chi connectivity index (χ4v) is 2.16. The van der Waals surface area contributed by atoms with Crippen molar-refractivity contribution in [2.45, 2.75) is 38.5 Å². The number of hydrogen-bond acceptors (Lipinski definition) is 3. The van der Waals surface area contributed by atoms with Crippen LogP contribution in [0.4, 0.5) is 0 Å². The molecular weight excluding hydrogens is 188 g/mol. The second-order valence-electron chi connectivity index (χ2n) is 3.86. The molecule has 0 aromatic carbocycles. The third-order valence-corrected chi connectivity index (χ3v) is 2.85. The summed E-state index contributed by atoms with van der Waals surface area (Å²) < 4.78 is 5.21. The van der Waals surface area contributed by atoms with Crippen LogP contribution in [0.3, 0.4) is 0 Å². The van der Waals surface area contributed by atoms with E-state index in [1.54, 1.807) is 0 Å². The Morgan fingerprint density at radius 2 is 2.23 bits per heavy atom. The fraction of sp³-hybridized carbons (Fsp3) is 0.778. The lowest BCUT2D eigenvalue weighted by Crippen LogP contribution is -2.11. The summed E-state index contributed by atoms with van der Waals surface area (Å²) in [5.74, 6) is 1.92. The summed E-state index contributed by atoms with van der Waals surface area (Å²) in [5, 5.41) is 7.75. The Morgan fingerprint density at radius 1 is 1.38 bits per heavy atom. The zero-order valence-corrected chi connectivity index (χ0v) is 8.42. The van der Waals surface area contributed by atoms with Gasteiger partial charge in [-0.25, -0.2) is 0 Å². The molecule has 2 unspecified atom stereocenters. The topological polar surface area (TPSA) is 38.9 Å². The molecule has 1 aliphatic rings. The van der Waals surface area contributed by atoms with E-state index in [1.165, 1.54) is 12.8 Å². The number of hydrogen-bond donors (Lipinski definition) is 0. The molecule has 1 heterocycles. The molecule has 0 amide bonds. The highest BCUT2D eigenvalue weighted by molar-refractivity contribution is 6.27. The van der Waals surface area contributed by atoms with E-state index in [1.807, 2.05) is 0 Å². The predicted octanol–water partition coefficient (Wildman–Crippen LogP) is 3.02. The molecule has 0 aliphatic heterocycles. The summed E-state index contributed by atoms with van der Waals surface area (Å²) in [6.07, 6.45) is 4.88. The number of nitrogens with zero attached hydrogens (tertiary/aromatic N) is 2. The van der Waals surface area contributed by atoms with E-state index in [2.05, 4.69) is 17.1 Å². The van der Waals surface area contributed by atoms with Gasteiger partial charge in [0.2, 0.25) is 5.89 Å². The van der Waals surface area contributed by atoms with Crippen molar-refractivity contribution in [2.24, 2.45) is 5.92 Å². The summed E-state index contributed by atoms with van der Waals surface area (Å²) in [7, 11) is 0. The summed E-state index contributed by atoms with van der Waals surface area (Å²) >= 11 is 5.58. The van der Waals surface area contributed by atoms with Crippen molar-refractivity contribution in [3.05, 3.63) is 11.2 Å². The van der Waals surface area contributed by atoms with Crippen LogP contribution >= 0.6 is 11.6 Å². The normalized spacial score (nSPS) is 29.1. The lowest BCUT2D eigenvalue weighted by atomic mass is 9.82. The molecule has 0 bridgehead atoms. The number of aromatic nitrogens is 2. The monoisotopic (exact) mass is 200 g/mol. The second-order valence-corrected chi connectivity index (χ2v) is 4.19. The van der Waals surface area contributed by atoms with Crippen molar-refractivity contribution >= 4 is 11.6 Å². The van der Waals surface area contributed by atoms with Crippen molar-refractivity contribution in [2.75, 3.05) is 0 Å². The van der Waals surface area contributed by atoms with Crippen LogP contribution in [0, 0.1) is 5.92 Å². The summed E-state index contributed by atoms with van der Waals surface area (Å²) in [4.78, 5) is 0. The maximum absolute atomic E-state index is 5.58.